The van der Waals surface area contributed by atoms with E-state index < -0.39 is 0 Å². The van der Waals surface area contributed by atoms with Crippen molar-refractivity contribution >= 4 is 22.6 Å². The standard InChI is InChI=1S/C20H21N5O/c1-2-19(26)25-9-3-4-15(13-25)24-16-10-17-18(12-23-20(17)22-11-16)14-5-7-21-8-6-14/h2,5-8,10-12,15,24H,1,3-4,9,13H2,(H,22,23)/t15-/m0/s1. The molecule has 1 amide bonds. The summed E-state index contributed by atoms with van der Waals surface area (Å²) >= 11 is 0. The topological polar surface area (TPSA) is 73.9 Å². The van der Waals surface area contributed by atoms with Crippen molar-refractivity contribution in [2.75, 3.05) is 18.4 Å². The Labute approximate surface area is 152 Å². The molecule has 132 valence electrons. The molecule has 1 aliphatic heterocycles. The summed E-state index contributed by atoms with van der Waals surface area (Å²) in [5, 5.41) is 4.60. The summed E-state index contributed by atoms with van der Waals surface area (Å²) in [4.78, 5) is 25.5. The minimum Gasteiger partial charge on any atom is -0.379 e. The number of pyridine rings is 2. The van der Waals surface area contributed by atoms with Gasteiger partial charge in [-0.25, -0.2) is 4.98 Å². The summed E-state index contributed by atoms with van der Waals surface area (Å²) in [6.07, 6.45) is 10.8. The Morgan fingerprint density at radius 1 is 1.38 bits per heavy atom. The number of amides is 1. The Kier molecular flexibility index (Phi) is 4.39. The second kappa shape index (κ2) is 7.00. The molecule has 1 fully saturated rings. The van der Waals surface area contributed by atoms with E-state index in [-0.39, 0.29) is 11.9 Å². The number of hydrogen-bond donors (Lipinski definition) is 2. The van der Waals surface area contributed by atoms with Gasteiger partial charge in [0.05, 0.1) is 11.9 Å². The van der Waals surface area contributed by atoms with Gasteiger partial charge >= 0.3 is 0 Å². The number of rotatable bonds is 4. The van der Waals surface area contributed by atoms with Crippen molar-refractivity contribution in [3.05, 3.63) is 55.6 Å². The predicted octanol–water partition coefficient (Wildman–Crippen LogP) is 3.21. The van der Waals surface area contributed by atoms with Crippen LogP contribution in [0.15, 0.2) is 55.6 Å². The first-order valence-electron chi connectivity index (χ1n) is 8.80. The molecule has 4 heterocycles. The quantitative estimate of drug-likeness (QED) is 0.711. The molecule has 0 aromatic carbocycles. The van der Waals surface area contributed by atoms with E-state index >= 15 is 0 Å². The highest BCUT2D eigenvalue weighted by molar-refractivity contribution is 5.95. The molecule has 1 aliphatic rings. The minimum absolute atomic E-state index is 0.00400. The molecule has 0 saturated carbocycles. The van der Waals surface area contributed by atoms with Crippen molar-refractivity contribution in [3.63, 3.8) is 0 Å². The zero-order valence-electron chi connectivity index (χ0n) is 14.5. The van der Waals surface area contributed by atoms with Gasteiger partial charge in [-0.15, -0.1) is 0 Å². The summed E-state index contributed by atoms with van der Waals surface area (Å²) in [5.74, 6) is -0.00400. The van der Waals surface area contributed by atoms with Gasteiger partial charge in [0.25, 0.3) is 0 Å². The highest BCUT2D eigenvalue weighted by atomic mass is 16.2. The van der Waals surface area contributed by atoms with E-state index in [0.717, 1.165) is 47.2 Å². The number of anilines is 1. The molecule has 6 heteroatoms. The molecular formula is C20H21N5O. The van der Waals surface area contributed by atoms with Gasteiger partial charge in [0, 0.05) is 48.7 Å². The highest BCUT2D eigenvalue weighted by Gasteiger charge is 2.22. The molecule has 0 bridgehead atoms. The lowest BCUT2D eigenvalue weighted by molar-refractivity contribution is -0.127. The molecule has 0 aliphatic carbocycles. The number of H-pyrrole nitrogens is 1. The van der Waals surface area contributed by atoms with Gasteiger partial charge in [0.15, 0.2) is 0 Å². The van der Waals surface area contributed by atoms with Gasteiger partial charge in [0.2, 0.25) is 5.91 Å². The van der Waals surface area contributed by atoms with Crippen molar-refractivity contribution in [1.29, 1.82) is 0 Å². The summed E-state index contributed by atoms with van der Waals surface area (Å²) < 4.78 is 0. The first-order valence-corrected chi connectivity index (χ1v) is 8.80. The van der Waals surface area contributed by atoms with Crippen LogP contribution in [0.4, 0.5) is 5.69 Å². The number of carbonyl (C=O) groups excluding carboxylic acids is 1. The molecule has 2 N–H and O–H groups in total. The number of likely N-dealkylation sites (tertiary alicyclic amines) is 1. The number of aromatic nitrogens is 3. The van der Waals surface area contributed by atoms with Gasteiger partial charge in [-0.1, -0.05) is 6.58 Å². The predicted molar refractivity (Wildman–Crippen MR) is 103 cm³/mol. The number of nitrogens with zero attached hydrogens (tertiary/aromatic N) is 3. The van der Waals surface area contributed by atoms with Crippen molar-refractivity contribution in [3.8, 4) is 11.1 Å². The van der Waals surface area contributed by atoms with Crippen LogP contribution in [-0.2, 0) is 4.79 Å². The summed E-state index contributed by atoms with van der Waals surface area (Å²) in [6, 6.07) is 6.31. The second-order valence-corrected chi connectivity index (χ2v) is 6.53. The van der Waals surface area contributed by atoms with Crippen LogP contribution < -0.4 is 5.32 Å². The number of piperidine rings is 1. The van der Waals surface area contributed by atoms with E-state index in [9.17, 15) is 4.79 Å². The smallest absolute Gasteiger partial charge is 0.246 e. The van der Waals surface area contributed by atoms with E-state index in [0.29, 0.717) is 6.54 Å². The fourth-order valence-electron chi connectivity index (χ4n) is 3.51. The third-order valence-corrected chi connectivity index (χ3v) is 4.80. The molecule has 1 saturated heterocycles. The minimum atomic E-state index is -0.00400. The van der Waals surface area contributed by atoms with E-state index in [1.54, 1.807) is 12.4 Å². The van der Waals surface area contributed by atoms with Crippen LogP contribution in [-0.4, -0.2) is 44.9 Å². The fraction of sp³-hybridized carbons (Fsp3) is 0.250. The number of carbonyl (C=O) groups is 1. The zero-order chi connectivity index (χ0) is 17.9. The molecule has 1 atom stereocenters. The molecule has 26 heavy (non-hydrogen) atoms. The fourth-order valence-corrected chi connectivity index (χ4v) is 3.51. The number of nitrogens with one attached hydrogen (secondary N) is 2. The van der Waals surface area contributed by atoms with E-state index in [2.05, 4.69) is 32.9 Å². The molecule has 0 unspecified atom stereocenters. The molecule has 3 aromatic rings. The summed E-state index contributed by atoms with van der Waals surface area (Å²) in [7, 11) is 0. The Morgan fingerprint density at radius 3 is 3.04 bits per heavy atom. The van der Waals surface area contributed by atoms with Crippen molar-refractivity contribution in [2.24, 2.45) is 0 Å². The Bertz CT molecular complexity index is 934. The third kappa shape index (κ3) is 3.18. The van der Waals surface area contributed by atoms with Crippen LogP contribution in [0.1, 0.15) is 12.8 Å². The average Bonchev–Trinajstić information content (AvgIpc) is 3.11. The number of aromatic amines is 1. The van der Waals surface area contributed by atoms with Gasteiger partial charge in [-0.05, 0) is 42.7 Å². The maximum absolute atomic E-state index is 11.9. The SMILES string of the molecule is C=CC(=O)N1CCC[C@H](Nc2cnc3[nH]cc(-c4ccncc4)c3c2)C1. The Hall–Kier alpha value is -3.15. The van der Waals surface area contributed by atoms with Crippen LogP contribution in [0.2, 0.25) is 0 Å². The first-order chi connectivity index (χ1) is 12.7. The molecular weight excluding hydrogens is 326 g/mol. The van der Waals surface area contributed by atoms with Gasteiger partial charge in [-0.2, -0.15) is 0 Å². The maximum Gasteiger partial charge on any atom is 0.246 e. The van der Waals surface area contributed by atoms with Gasteiger partial charge in [0.1, 0.15) is 5.65 Å². The molecule has 6 nitrogen and oxygen atoms in total. The van der Waals surface area contributed by atoms with Crippen LogP contribution in [0, 0.1) is 0 Å². The lowest BCUT2D eigenvalue weighted by atomic mass is 10.0. The van der Waals surface area contributed by atoms with Crippen molar-refractivity contribution in [1.82, 2.24) is 19.9 Å². The third-order valence-electron chi connectivity index (χ3n) is 4.80. The summed E-state index contributed by atoms with van der Waals surface area (Å²) in [5.41, 5.74) is 4.02. The molecule has 3 aromatic heterocycles. The van der Waals surface area contributed by atoms with Crippen LogP contribution in [0.5, 0.6) is 0 Å². The van der Waals surface area contributed by atoms with E-state index in [1.807, 2.05) is 29.4 Å². The average molecular weight is 347 g/mol. The van der Waals surface area contributed by atoms with E-state index in [1.165, 1.54) is 6.08 Å². The van der Waals surface area contributed by atoms with E-state index in [4.69, 9.17) is 0 Å². The number of hydrogen-bond acceptors (Lipinski definition) is 4. The maximum atomic E-state index is 11.9. The van der Waals surface area contributed by atoms with Crippen LogP contribution in [0.25, 0.3) is 22.2 Å². The lowest BCUT2D eigenvalue weighted by Crippen LogP contribution is -2.44. The zero-order valence-corrected chi connectivity index (χ0v) is 14.5. The lowest BCUT2D eigenvalue weighted by Gasteiger charge is -2.33. The molecule has 0 radical (unpaired) electrons. The monoisotopic (exact) mass is 347 g/mol. The Balaban J connectivity index is 1.58. The number of fused-ring (bicyclic) bond motifs is 1. The van der Waals surface area contributed by atoms with Crippen molar-refractivity contribution in [2.45, 2.75) is 18.9 Å². The Morgan fingerprint density at radius 2 is 2.23 bits per heavy atom. The normalized spacial score (nSPS) is 17.2. The molecule has 0 spiro atoms. The van der Waals surface area contributed by atoms with Crippen LogP contribution in [0.3, 0.4) is 0 Å². The van der Waals surface area contributed by atoms with Gasteiger partial charge < -0.3 is 15.2 Å². The first kappa shape index (κ1) is 16.3. The van der Waals surface area contributed by atoms with Gasteiger partial charge in [-0.3, -0.25) is 9.78 Å². The summed E-state index contributed by atoms with van der Waals surface area (Å²) in [6.45, 7) is 5.07. The van der Waals surface area contributed by atoms with Crippen LogP contribution >= 0.6 is 0 Å². The highest BCUT2D eigenvalue weighted by Crippen LogP contribution is 2.29. The van der Waals surface area contributed by atoms with Crippen molar-refractivity contribution < 1.29 is 4.79 Å². The molecule has 4 rings (SSSR count). The second-order valence-electron chi connectivity index (χ2n) is 6.53. The largest absolute Gasteiger partial charge is 0.379 e.